The number of nitrogens with one attached hydrogen (secondary N) is 1. The predicted molar refractivity (Wildman–Crippen MR) is 120 cm³/mol. The first-order valence-electron chi connectivity index (χ1n) is 11.1. The van der Waals surface area contributed by atoms with Crippen molar-refractivity contribution in [2.75, 3.05) is 4.90 Å². The molecule has 4 heteroatoms. The monoisotopic (exact) mass is 393 g/mol. The van der Waals surface area contributed by atoms with Gasteiger partial charge in [0, 0.05) is 23.3 Å². The average molecular weight is 394 g/mol. The summed E-state index contributed by atoms with van der Waals surface area (Å²) in [5.74, 6) is 0.195. The molecule has 0 aromatic heterocycles. The molecule has 156 valence electrons. The third-order valence-electron chi connectivity index (χ3n) is 6.43. The van der Waals surface area contributed by atoms with E-state index in [4.69, 9.17) is 0 Å². The van der Waals surface area contributed by atoms with Crippen LogP contribution in [0.2, 0.25) is 0 Å². The van der Waals surface area contributed by atoms with Crippen molar-refractivity contribution in [1.29, 1.82) is 5.26 Å². The van der Waals surface area contributed by atoms with Crippen LogP contribution in [0, 0.1) is 11.3 Å². The number of hydrogen-bond acceptors (Lipinski definition) is 3. The molecule has 1 fully saturated rings. The van der Waals surface area contributed by atoms with E-state index in [2.05, 4.69) is 63.0 Å². The average Bonchev–Trinajstić information content (AvgIpc) is 2.66. The molecule has 1 aliphatic carbocycles. The van der Waals surface area contributed by atoms with Crippen LogP contribution >= 0.6 is 0 Å². The largest absolute Gasteiger partial charge is 0.364 e. The highest BCUT2D eigenvalue weighted by Gasteiger charge is 2.37. The van der Waals surface area contributed by atoms with Gasteiger partial charge in [0.2, 0.25) is 0 Å². The summed E-state index contributed by atoms with van der Waals surface area (Å²) in [5, 5.41) is 12.6. The van der Waals surface area contributed by atoms with Crippen LogP contribution in [-0.4, -0.2) is 23.5 Å². The van der Waals surface area contributed by atoms with Gasteiger partial charge in [-0.2, -0.15) is 5.26 Å². The fourth-order valence-electron chi connectivity index (χ4n) is 5.36. The van der Waals surface area contributed by atoms with Crippen LogP contribution in [-0.2, 0) is 4.79 Å². The molecule has 1 heterocycles. The summed E-state index contributed by atoms with van der Waals surface area (Å²) >= 11 is 0. The zero-order chi connectivity index (χ0) is 21.2. The van der Waals surface area contributed by atoms with Crippen molar-refractivity contribution in [3.05, 3.63) is 34.9 Å². The maximum absolute atomic E-state index is 12.6. The molecule has 0 spiro atoms. The Kier molecular flexibility index (Phi) is 6.36. The van der Waals surface area contributed by atoms with Gasteiger partial charge in [-0.05, 0) is 82.2 Å². The number of amides is 1. The van der Waals surface area contributed by atoms with Crippen LogP contribution in [0.5, 0.6) is 0 Å². The van der Waals surface area contributed by atoms with Crippen LogP contribution in [0.25, 0.3) is 6.08 Å². The first-order chi connectivity index (χ1) is 13.7. The standard InChI is InChI=1S/C25H35N3O/c1-17(2)28-23-12-11-19(14-22(23)18(3)15-25(28,4)5)13-20(16-26)24(29)27-21-9-7-6-8-10-21/h11-14,17-18,21H,6-10,15H2,1-5H3,(H,27,29)/b20-13-/t18-/m0/s1. The zero-order valence-electron chi connectivity index (χ0n) is 18.6. The number of benzene rings is 1. The van der Waals surface area contributed by atoms with Gasteiger partial charge in [-0.1, -0.05) is 32.3 Å². The highest BCUT2D eigenvalue weighted by molar-refractivity contribution is 6.01. The Morgan fingerprint density at radius 3 is 2.59 bits per heavy atom. The molecule has 1 aromatic rings. The number of nitrogens with zero attached hydrogens (tertiary/aromatic N) is 2. The van der Waals surface area contributed by atoms with Crippen LogP contribution in [0.1, 0.15) is 90.2 Å². The van der Waals surface area contributed by atoms with Gasteiger partial charge < -0.3 is 10.2 Å². The molecule has 1 aromatic carbocycles. The summed E-state index contributed by atoms with van der Waals surface area (Å²) in [6.07, 6.45) is 8.40. The van der Waals surface area contributed by atoms with Gasteiger partial charge in [0.15, 0.2) is 0 Å². The highest BCUT2D eigenvalue weighted by atomic mass is 16.1. The molecule has 1 atom stereocenters. The Hall–Kier alpha value is -2.28. The summed E-state index contributed by atoms with van der Waals surface area (Å²) in [4.78, 5) is 15.1. The van der Waals surface area contributed by atoms with E-state index in [0.717, 1.165) is 37.7 Å². The van der Waals surface area contributed by atoms with E-state index in [1.165, 1.54) is 17.7 Å². The topological polar surface area (TPSA) is 56.1 Å². The lowest BCUT2D eigenvalue weighted by Crippen LogP contribution is -2.51. The van der Waals surface area contributed by atoms with Gasteiger partial charge in [-0.15, -0.1) is 0 Å². The van der Waals surface area contributed by atoms with E-state index >= 15 is 0 Å². The van der Waals surface area contributed by atoms with Crippen molar-refractivity contribution >= 4 is 17.7 Å². The number of nitriles is 1. The first-order valence-corrected chi connectivity index (χ1v) is 11.1. The maximum atomic E-state index is 12.6. The van der Waals surface area contributed by atoms with Gasteiger partial charge in [0.25, 0.3) is 5.91 Å². The lowest BCUT2D eigenvalue weighted by Gasteiger charge is -2.50. The van der Waals surface area contributed by atoms with E-state index in [-0.39, 0.29) is 23.1 Å². The molecule has 29 heavy (non-hydrogen) atoms. The molecule has 0 bridgehead atoms. The Bertz CT molecular complexity index is 825. The third-order valence-corrected chi connectivity index (χ3v) is 6.43. The van der Waals surface area contributed by atoms with E-state index in [0.29, 0.717) is 12.0 Å². The molecule has 1 aliphatic heterocycles. The molecule has 0 saturated heterocycles. The third kappa shape index (κ3) is 4.66. The number of carbonyl (C=O) groups is 1. The number of hydrogen-bond donors (Lipinski definition) is 1. The van der Waals surface area contributed by atoms with E-state index in [1.807, 2.05) is 6.07 Å². The second kappa shape index (κ2) is 8.61. The van der Waals surface area contributed by atoms with Crippen LogP contribution in [0.15, 0.2) is 23.8 Å². The smallest absolute Gasteiger partial charge is 0.262 e. The number of anilines is 1. The van der Waals surface area contributed by atoms with Crippen molar-refractivity contribution in [2.24, 2.45) is 0 Å². The number of rotatable bonds is 4. The van der Waals surface area contributed by atoms with Gasteiger partial charge in [0.05, 0.1) is 0 Å². The van der Waals surface area contributed by atoms with Gasteiger partial charge >= 0.3 is 0 Å². The molecule has 2 aliphatic rings. The minimum absolute atomic E-state index is 0.107. The Morgan fingerprint density at radius 2 is 1.97 bits per heavy atom. The minimum atomic E-state index is -0.241. The fourth-order valence-corrected chi connectivity index (χ4v) is 5.36. The Labute approximate surface area is 176 Å². The summed E-state index contributed by atoms with van der Waals surface area (Å²) in [7, 11) is 0. The molecule has 1 N–H and O–H groups in total. The van der Waals surface area contributed by atoms with Crippen molar-refractivity contribution in [1.82, 2.24) is 5.32 Å². The normalized spacial score (nSPS) is 22.2. The number of carbonyl (C=O) groups excluding carboxylic acids is 1. The zero-order valence-corrected chi connectivity index (χ0v) is 18.6. The van der Waals surface area contributed by atoms with Crippen LogP contribution in [0.3, 0.4) is 0 Å². The fraction of sp³-hybridized carbons (Fsp3) is 0.600. The van der Waals surface area contributed by atoms with Crippen molar-refractivity contribution in [3.8, 4) is 6.07 Å². The van der Waals surface area contributed by atoms with Crippen LogP contribution in [0.4, 0.5) is 5.69 Å². The number of fused-ring (bicyclic) bond motifs is 1. The molecular weight excluding hydrogens is 358 g/mol. The lowest BCUT2D eigenvalue weighted by molar-refractivity contribution is -0.117. The molecule has 1 saturated carbocycles. The van der Waals surface area contributed by atoms with E-state index < -0.39 is 0 Å². The summed E-state index contributed by atoms with van der Waals surface area (Å²) in [6.45, 7) is 11.4. The SMILES string of the molecule is CC(C)N1c2ccc(/C=C(/C#N)C(=O)NC3CCCCC3)cc2[C@@H](C)CC1(C)C. The molecule has 1 amide bonds. The lowest BCUT2D eigenvalue weighted by atomic mass is 9.79. The quantitative estimate of drug-likeness (QED) is 0.539. The summed E-state index contributed by atoms with van der Waals surface area (Å²) in [6, 6.07) is 9.08. The predicted octanol–water partition coefficient (Wildman–Crippen LogP) is 5.54. The van der Waals surface area contributed by atoms with E-state index in [1.54, 1.807) is 6.08 Å². The Balaban J connectivity index is 1.87. The van der Waals surface area contributed by atoms with Gasteiger partial charge in [0.1, 0.15) is 11.6 Å². The molecule has 4 nitrogen and oxygen atoms in total. The van der Waals surface area contributed by atoms with E-state index in [9.17, 15) is 10.1 Å². The molecule has 0 radical (unpaired) electrons. The van der Waals surface area contributed by atoms with Gasteiger partial charge in [-0.3, -0.25) is 4.79 Å². The van der Waals surface area contributed by atoms with Crippen molar-refractivity contribution in [2.45, 2.75) is 96.7 Å². The summed E-state index contributed by atoms with van der Waals surface area (Å²) in [5.41, 5.74) is 3.80. The van der Waals surface area contributed by atoms with Crippen LogP contribution < -0.4 is 10.2 Å². The second-order valence-electron chi connectivity index (χ2n) is 9.68. The van der Waals surface area contributed by atoms with Crippen molar-refractivity contribution in [3.63, 3.8) is 0 Å². The molecule has 0 unspecified atom stereocenters. The minimum Gasteiger partial charge on any atom is -0.364 e. The second-order valence-corrected chi connectivity index (χ2v) is 9.68. The first kappa shape index (κ1) is 21.4. The highest BCUT2D eigenvalue weighted by Crippen LogP contribution is 2.44. The van der Waals surface area contributed by atoms with Gasteiger partial charge in [-0.25, -0.2) is 0 Å². The van der Waals surface area contributed by atoms with Crippen molar-refractivity contribution < 1.29 is 4.79 Å². The summed E-state index contributed by atoms with van der Waals surface area (Å²) < 4.78 is 0. The molecular formula is C25H35N3O. The maximum Gasteiger partial charge on any atom is 0.262 e. The Morgan fingerprint density at radius 1 is 1.28 bits per heavy atom. The molecule has 3 rings (SSSR count).